The van der Waals surface area contributed by atoms with Crippen LogP contribution in [0.3, 0.4) is 0 Å². The van der Waals surface area contributed by atoms with E-state index in [0.29, 0.717) is 6.61 Å². The van der Waals surface area contributed by atoms with Gasteiger partial charge in [-0.25, -0.2) is 9.97 Å². The Morgan fingerprint density at radius 1 is 1.47 bits per heavy atom. The van der Waals surface area contributed by atoms with Crippen LogP contribution in [0, 0.1) is 6.92 Å². The van der Waals surface area contributed by atoms with E-state index in [1.807, 2.05) is 0 Å². The van der Waals surface area contributed by atoms with E-state index in [-0.39, 0.29) is 10.8 Å². The van der Waals surface area contributed by atoms with Crippen LogP contribution in [-0.2, 0) is 4.74 Å². The second kappa shape index (κ2) is 4.89. The van der Waals surface area contributed by atoms with Crippen LogP contribution in [0.4, 0.5) is 5.82 Å². The summed E-state index contributed by atoms with van der Waals surface area (Å²) in [4.78, 5) is 10.8. The van der Waals surface area contributed by atoms with Crippen LogP contribution in [0.25, 0.3) is 10.2 Å². The number of nitrogens with zero attached hydrogens (tertiary/aromatic N) is 2. The lowest BCUT2D eigenvalue weighted by Gasteiger charge is -2.34. The molecule has 19 heavy (non-hydrogen) atoms. The summed E-state index contributed by atoms with van der Waals surface area (Å²) in [6.45, 7) is 5.76. The number of aromatic nitrogens is 2. The van der Waals surface area contributed by atoms with Crippen LogP contribution >= 0.6 is 22.9 Å². The Balaban J connectivity index is 1.99. The molecule has 4 nitrogen and oxygen atoms in total. The molecular weight excluding hydrogens is 282 g/mol. The summed E-state index contributed by atoms with van der Waals surface area (Å²) < 4.78 is 5.57. The molecule has 1 unspecified atom stereocenters. The maximum absolute atomic E-state index is 6.01. The SMILES string of the molecule is Cc1cc2c(NC3(C)CCCOC3)nc(Cl)nc2s1. The van der Waals surface area contributed by atoms with Crippen molar-refractivity contribution in [3.8, 4) is 0 Å². The summed E-state index contributed by atoms with van der Waals surface area (Å²) in [5.74, 6) is 0.812. The number of thiophene rings is 1. The molecule has 2 aromatic rings. The minimum Gasteiger partial charge on any atom is -0.379 e. The monoisotopic (exact) mass is 297 g/mol. The molecule has 6 heteroatoms. The van der Waals surface area contributed by atoms with Crippen molar-refractivity contribution in [2.45, 2.75) is 32.2 Å². The topological polar surface area (TPSA) is 47.0 Å². The summed E-state index contributed by atoms with van der Waals surface area (Å²) in [6.07, 6.45) is 2.13. The normalized spacial score (nSPS) is 23.7. The van der Waals surface area contributed by atoms with Gasteiger partial charge < -0.3 is 10.1 Å². The van der Waals surface area contributed by atoms with Crippen molar-refractivity contribution in [1.82, 2.24) is 9.97 Å². The molecule has 0 spiro atoms. The predicted molar refractivity (Wildman–Crippen MR) is 79.2 cm³/mol. The molecule has 0 bridgehead atoms. The number of aryl methyl sites for hydroxylation is 1. The van der Waals surface area contributed by atoms with Crippen LogP contribution in [0.15, 0.2) is 6.07 Å². The minimum absolute atomic E-state index is 0.0846. The Kier molecular flexibility index (Phi) is 3.37. The maximum Gasteiger partial charge on any atom is 0.225 e. The lowest BCUT2D eigenvalue weighted by Crippen LogP contribution is -2.43. The highest BCUT2D eigenvalue weighted by Gasteiger charge is 2.28. The molecule has 3 heterocycles. The molecule has 0 amide bonds. The van der Waals surface area contributed by atoms with E-state index in [4.69, 9.17) is 16.3 Å². The number of ether oxygens (including phenoxy) is 1. The first-order chi connectivity index (χ1) is 9.06. The van der Waals surface area contributed by atoms with E-state index in [1.165, 1.54) is 4.88 Å². The van der Waals surface area contributed by atoms with Crippen LogP contribution < -0.4 is 5.32 Å². The van der Waals surface area contributed by atoms with Gasteiger partial charge in [-0.2, -0.15) is 0 Å². The molecule has 0 radical (unpaired) electrons. The lowest BCUT2D eigenvalue weighted by molar-refractivity contribution is 0.0539. The highest BCUT2D eigenvalue weighted by atomic mass is 35.5. The van der Waals surface area contributed by atoms with Crippen molar-refractivity contribution in [2.75, 3.05) is 18.5 Å². The highest BCUT2D eigenvalue weighted by Crippen LogP contribution is 2.32. The minimum atomic E-state index is -0.0846. The third-order valence-corrected chi connectivity index (χ3v) is 4.46. The zero-order valence-electron chi connectivity index (χ0n) is 11.0. The Labute approximate surface area is 121 Å². The zero-order chi connectivity index (χ0) is 13.5. The van der Waals surface area contributed by atoms with Gasteiger partial charge in [0.1, 0.15) is 10.6 Å². The molecule has 1 aliphatic heterocycles. The average molecular weight is 298 g/mol. The Morgan fingerprint density at radius 2 is 2.32 bits per heavy atom. The predicted octanol–water partition coefficient (Wildman–Crippen LogP) is 3.63. The van der Waals surface area contributed by atoms with Crippen LogP contribution in [0.2, 0.25) is 5.28 Å². The summed E-state index contributed by atoms with van der Waals surface area (Å²) in [5.41, 5.74) is -0.0846. The summed E-state index contributed by atoms with van der Waals surface area (Å²) in [7, 11) is 0. The number of halogens is 1. The molecule has 1 aliphatic rings. The summed E-state index contributed by atoms with van der Waals surface area (Å²) >= 11 is 7.64. The Hall–Kier alpha value is -0.910. The fourth-order valence-electron chi connectivity index (χ4n) is 2.43. The Morgan fingerprint density at radius 3 is 3.05 bits per heavy atom. The van der Waals surface area contributed by atoms with E-state index in [9.17, 15) is 0 Å². The maximum atomic E-state index is 6.01. The van der Waals surface area contributed by atoms with E-state index in [1.54, 1.807) is 11.3 Å². The van der Waals surface area contributed by atoms with Gasteiger partial charge >= 0.3 is 0 Å². The molecule has 1 fully saturated rings. The van der Waals surface area contributed by atoms with E-state index >= 15 is 0 Å². The zero-order valence-corrected chi connectivity index (χ0v) is 12.6. The average Bonchev–Trinajstić information content (AvgIpc) is 2.70. The van der Waals surface area contributed by atoms with Crippen molar-refractivity contribution in [1.29, 1.82) is 0 Å². The van der Waals surface area contributed by atoms with Gasteiger partial charge in [0.2, 0.25) is 5.28 Å². The van der Waals surface area contributed by atoms with Gasteiger partial charge in [-0.05, 0) is 44.4 Å². The number of nitrogens with one attached hydrogen (secondary N) is 1. The molecule has 1 N–H and O–H groups in total. The molecule has 2 aromatic heterocycles. The van der Waals surface area contributed by atoms with Gasteiger partial charge in [0, 0.05) is 11.5 Å². The highest BCUT2D eigenvalue weighted by molar-refractivity contribution is 7.18. The number of rotatable bonds is 2. The van der Waals surface area contributed by atoms with Crippen molar-refractivity contribution >= 4 is 39.0 Å². The first-order valence-corrected chi connectivity index (χ1v) is 7.55. The van der Waals surface area contributed by atoms with Crippen molar-refractivity contribution in [3.05, 3.63) is 16.2 Å². The first kappa shape index (κ1) is 13.1. The third kappa shape index (κ3) is 2.68. The summed E-state index contributed by atoms with van der Waals surface area (Å²) in [6, 6.07) is 2.10. The van der Waals surface area contributed by atoms with Gasteiger partial charge in [0.15, 0.2) is 0 Å². The molecule has 0 saturated carbocycles. The number of hydrogen-bond donors (Lipinski definition) is 1. The van der Waals surface area contributed by atoms with Crippen molar-refractivity contribution in [3.63, 3.8) is 0 Å². The van der Waals surface area contributed by atoms with Gasteiger partial charge in [0.25, 0.3) is 0 Å². The second-order valence-corrected chi connectivity index (χ2v) is 6.83. The van der Waals surface area contributed by atoms with Crippen molar-refractivity contribution in [2.24, 2.45) is 0 Å². The fourth-order valence-corrected chi connectivity index (χ4v) is 3.53. The van der Waals surface area contributed by atoms with Crippen LogP contribution in [0.5, 0.6) is 0 Å². The lowest BCUT2D eigenvalue weighted by atomic mass is 9.95. The Bertz CT molecular complexity index is 607. The largest absolute Gasteiger partial charge is 0.379 e. The molecule has 1 saturated heterocycles. The van der Waals surface area contributed by atoms with E-state index in [0.717, 1.165) is 35.5 Å². The number of anilines is 1. The van der Waals surface area contributed by atoms with E-state index in [2.05, 4.69) is 35.2 Å². The smallest absolute Gasteiger partial charge is 0.225 e. The molecule has 0 aliphatic carbocycles. The number of fused-ring (bicyclic) bond motifs is 1. The third-order valence-electron chi connectivity index (χ3n) is 3.35. The molecular formula is C13H16ClN3OS. The van der Waals surface area contributed by atoms with Gasteiger partial charge in [-0.15, -0.1) is 11.3 Å². The molecule has 102 valence electrons. The van der Waals surface area contributed by atoms with Crippen LogP contribution in [-0.4, -0.2) is 28.7 Å². The molecule has 0 aromatic carbocycles. The quantitative estimate of drug-likeness (QED) is 0.860. The fraction of sp³-hybridized carbons (Fsp3) is 0.538. The number of hydrogen-bond acceptors (Lipinski definition) is 5. The van der Waals surface area contributed by atoms with Gasteiger partial charge in [-0.1, -0.05) is 0 Å². The molecule has 3 rings (SSSR count). The van der Waals surface area contributed by atoms with Gasteiger partial charge in [0.05, 0.1) is 17.5 Å². The first-order valence-electron chi connectivity index (χ1n) is 6.35. The second-order valence-electron chi connectivity index (χ2n) is 5.26. The van der Waals surface area contributed by atoms with Gasteiger partial charge in [-0.3, -0.25) is 0 Å². The van der Waals surface area contributed by atoms with Crippen molar-refractivity contribution < 1.29 is 4.74 Å². The standard InChI is InChI=1S/C13H16ClN3OS/c1-8-6-9-10(15-12(14)16-11(9)19-8)17-13(2)4-3-5-18-7-13/h6H,3-5,7H2,1-2H3,(H,15,16,17). The summed E-state index contributed by atoms with van der Waals surface area (Å²) in [5, 5.41) is 4.83. The molecule has 1 atom stereocenters. The van der Waals surface area contributed by atoms with Crippen LogP contribution in [0.1, 0.15) is 24.6 Å². The van der Waals surface area contributed by atoms with E-state index < -0.39 is 0 Å².